The number of amides is 1. The minimum Gasteiger partial charge on any atom is -0.497 e. The zero-order chi connectivity index (χ0) is 22.6. The quantitative estimate of drug-likeness (QED) is 0.494. The highest BCUT2D eigenvalue weighted by molar-refractivity contribution is 5.94. The third-order valence-corrected chi connectivity index (χ3v) is 6.45. The van der Waals surface area contributed by atoms with Gasteiger partial charge in [-0.1, -0.05) is 0 Å². The molecule has 0 unspecified atom stereocenters. The number of anilines is 2. The minimum atomic E-state index is -0.162. The van der Waals surface area contributed by atoms with Gasteiger partial charge in [0.05, 0.1) is 18.3 Å². The molecule has 2 N–H and O–H groups in total. The zero-order valence-corrected chi connectivity index (χ0v) is 20.1. The molecule has 0 aliphatic carbocycles. The molecule has 3 aromatic rings. The lowest BCUT2D eigenvalue weighted by atomic mass is 9.93. The van der Waals surface area contributed by atoms with Gasteiger partial charge < -0.3 is 25.0 Å². The molecule has 5 rings (SSSR count). The third-order valence-electron chi connectivity index (χ3n) is 6.45. The minimum absolute atomic E-state index is 0. The average Bonchev–Trinajstić information content (AvgIpc) is 2.86. The summed E-state index contributed by atoms with van der Waals surface area (Å²) in [5.74, 6) is 2.55. The second-order valence-electron chi connectivity index (χ2n) is 8.60. The first kappa shape index (κ1) is 24.0. The van der Waals surface area contributed by atoms with Gasteiger partial charge in [-0.15, -0.1) is 12.4 Å². The van der Waals surface area contributed by atoms with Crippen LogP contribution in [0.2, 0.25) is 0 Å². The van der Waals surface area contributed by atoms with Crippen LogP contribution in [-0.4, -0.2) is 49.2 Å². The maximum Gasteiger partial charge on any atom is 0.263 e. The van der Waals surface area contributed by atoms with Crippen LogP contribution in [0.4, 0.5) is 11.5 Å². The van der Waals surface area contributed by atoms with E-state index in [0.29, 0.717) is 24.0 Å². The average molecular weight is 484 g/mol. The van der Waals surface area contributed by atoms with Crippen molar-refractivity contribution in [3.8, 4) is 11.5 Å². The number of rotatable bonds is 7. The Kier molecular flexibility index (Phi) is 7.70. The van der Waals surface area contributed by atoms with Crippen molar-refractivity contribution in [2.75, 3.05) is 43.6 Å². The first-order valence-electron chi connectivity index (χ1n) is 11.5. The molecule has 34 heavy (non-hydrogen) atoms. The summed E-state index contributed by atoms with van der Waals surface area (Å²) in [7, 11) is 1.70. The summed E-state index contributed by atoms with van der Waals surface area (Å²) in [5.41, 5.74) is 3.14. The van der Waals surface area contributed by atoms with E-state index in [2.05, 4.69) is 37.6 Å². The molecule has 1 saturated heterocycles. The van der Waals surface area contributed by atoms with Gasteiger partial charge in [-0.3, -0.25) is 9.78 Å². The summed E-state index contributed by atoms with van der Waals surface area (Å²) in [6.45, 7) is 3.77. The number of pyridine rings is 2. The first-order chi connectivity index (χ1) is 16.2. The summed E-state index contributed by atoms with van der Waals surface area (Å²) in [6, 6.07) is 12.0. The standard InChI is InChI=1S/C25H29N5O3.ClH/c1-32-19-3-4-21-20(14-19)22(7-11-27-21)30-12-8-17(9-13-30)6-10-26-15-18-2-5-23-25(28-18)29-24(31)16-33-23;/h2-5,7,11,14,17,26H,6,8-10,12-13,15-16H2,1H3,(H,28,29,31);1H. The van der Waals surface area contributed by atoms with Gasteiger partial charge in [0.15, 0.2) is 18.2 Å². The Morgan fingerprint density at radius 1 is 1.21 bits per heavy atom. The highest BCUT2D eigenvalue weighted by atomic mass is 35.5. The van der Waals surface area contributed by atoms with E-state index in [1.165, 1.54) is 18.5 Å². The van der Waals surface area contributed by atoms with Gasteiger partial charge in [-0.05, 0) is 68.1 Å². The van der Waals surface area contributed by atoms with Gasteiger partial charge in [0.1, 0.15) is 5.75 Å². The Morgan fingerprint density at radius 3 is 2.88 bits per heavy atom. The number of aromatic nitrogens is 2. The molecule has 9 heteroatoms. The van der Waals surface area contributed by atoms with Gasteiger partial charge in [-0.2, -0.15) is 0 Å². The summed E-state index contributed by atoms with van der Waals surface area (Å²) in [6.07, 6.45) is 5.39. The smallest absolute Gasteiger partial charge is 0.263 e. The van der Waals surface area contributed by atoms with Crippen molar-refractivity contribution in [1.82, 2.24) is 15.3 Å². The van der Waals surface area contributed by atoms with Crippen LogP contribution in [0.1, 0.15) is 25.0 Å². The fourth-order valence-corrected chi connectivity index (χ4v) is 4.60. The molecule has 0 radical (unpaired) electrons. The van der Waals surface area contributed by atoms with Crippen LogP contribution in [0.3, 0.4) is 0 Å². The van der Waals surface area contributed by atoms with Crippen LogP contribution in [0.15, 0.2) is 42.6 Å². The SMILES string of the molecule is COc1ccc2nccc(N3CCC(CCNCc4ccc5c(n4)NC(=O)CO5)CC3)c2c1.Cl. The normalized spacial score (nSPS) is 15.8. The second-order valence-corrected chi connectivity index (χ2v) is 8.60. The largest absolute Gasteiger partial charge is 0.497 e. The van der Waals surface area contributed by atoms with Crippen molar-refractivity contribution < 1.29 is 14.3 Å². The van der Waals surface area contributed by atoms with Crippen molar-refractivity contribution in [2.24, 2.45) is 5.92 Å². The molecule has 0 atom stereocenters. The topological polar surface area (TPSA) is 88.6 Å². The Morgan fingerprint density at radius 2 is 2.06 bits per heavy atom. The molecule has 180 valence electrons. The molecule has 0 saturated carbocycles. The number of ether oxygens (including phenoxy) is 2. The number of hydrogen-bond donors (Lipinski definition) is 2. The Hall–Kier alpha value is -3.10. The van der Waals surface area contributed by atoms with Crippen molar-refractivity contribution in [1.29, 1.82) is 0 Å². The molecule has 1 aromatic carbocycles. The number of halogens is 1. The lowest BCUT2D eigenvalue weighted by Gasteiger charge is -2.34. The molecular formula is C25H30ClN5O3. The van der Waals surface area contributed by atoms with Gasteiger partial charge in [-0.25, -0.2) is 4.98 Å². The van der Waals surface area contributed by atoms with Crippen molar-refractivity contribution >= 4 is 40.7 Å². The van der Waals surface area contributed by atoms with Crippen LogP contribution < -0.4 is 25.0 Å². The fourth-order valence-electron chi connectivity index (χ4n) is 4.60. The van der Waals surface area contributed by atoms with Gasteiger partial charge in [0, 0.05) is 36.9 Å². The van der Waals surface area contributed by atoms with Crippen molar-refractivity contribution in [3.63, 3.8) is 0 Å². The lowest BCUT2D eigenvalue weighted by molar-refractivity contribution is -0.118. The number of nitrogens with zero attached hydrogens (tertiary/aromatic N) is 3. The number of carbonyl (C=O) groups excluding carboxylic acids is 1. The Bertz CT molecular complexity index is 1150. The van der Waals surface area contributed by atoms with E-state index < -0.39 is 0 Å². The van der Waals surface area contributed by atoms with Gasteiger partial charge >= 0.3 is 0 Å². The van der Waals surface area contributed by atoms with Crippen molar-refractivity contribution in [2.45, 2.75) is 25.8 Å². The van der Waals surface area contributed by atoms with Crippen LogP contribution in [0.5, 0.6) is 11.5 Å². The van der Waals surface area contributed by atoms with E-state index in [1.54, 1.807) is 7.11 Å². The monoisotopic (exact) mass is 483 g/mol. The number of fused-ring (bicyclic) bond motifs is 2. The molecule has 2 aliphatic rings. The zero-order valence-electron chi connectivity index (χ0n) is 19.3. The van der Waals surface area contributed by atoms with Crippen molar-refractivity contribution in [3.05, 3.63) is 48.3 Å². The van der Waals surface area contributed by atoms with Gasteiger partial charge in [0.25, 0.3) is 5.91 Å². The lowest BCUT2D eigenvalue weighted by Crippen LogP contribution is -2.34. The molecule has 1 fully saturated rings. The molecule has 2 aromatic heterocycles. The molecule has 0 bridgehead atoms. The third kappa shape index (κ3) is 5.34. The molecular weight excluding hydrogens is 454 g/mol. The summed E-state index contributed by atoms with van der Waals surface area (Å²) < 4.78 is 10.8. The molecule has 2 aliphatic heterocycles. The van der Waals surface area contributed by atoms with Crippen LogP contribution >= 0.6 is 12.4 Å². The van der Waals surface area contributed by atoms with E-state index >= 15 is 0 Å². The predicted molar refractivity (Wildman–Crippen MR) is 135 cm³/mol. The number of benzene rings is 1. The molecule has 1 amide bonds. The summed E-state index contributed by atoms with van der Waals surface area (Å²) in [4.78, 5) is 22.9. The number of hydrogen-bond acceptors (Lipinski definition) is 7. The van der Waals surface area contributed by atoms with Crippen LogP contribution in [0, 0.1) is 5.92 Å². The van der Waals surface area contributed by atoms with E-state index in [9.17, 15) is 4.79 Å². The van der Waals surface area contributed by atoms with E-state index in [1.807, 2.05) is 30.5 Å². The number of methoxy groups -OCH3 is 1. The van der Waals surface area contributed by atoms with Crippen LogP contribution in [-0.2, 0) is 11.3 Å². The number of carbonyl (C=O) groups is 1. The highest BCUT2D eigenvalue weighted by Gasteiger charge is 2.21. The summed E-state index contributed by atoms with van der Waals surface area (Å²) >= 11 is 0. The fraction of sp³-hybridized carbons (Fsp3) is 0.400. The predicted octanol–water partition coefficient (Wildman–Crippen LogP) is 3.79. The molecule has 8 nitrogen and oxygen atoms in total. The van der Waals surface area contributed by atoms with Gasteiger partial charge in [0.2, 0.25) is 0 Å². The Balaban J connectivity index is 0.00000274. The Labute approximate surface area is 205 Å². The number of piperidine rings is 1. The maximum atomic E-state index is 11.5. The number of nitrogens with one attached hydrogen (secondary N) is 2. The van der Waals surface area contributed by atoms with E-state index in [0.717, 1.165) is 48.4 Å². The first-order valence-corrected chi connectivity index (χ1v) is 11.5. The highest BCUT2D eigenvalue weighted by Crippen LogP contribution is 2.32. The van der Waals surface area contributed by atoms with E-state index in [-0.39, 0.29) is 24.9 Å². The van der Waals surface area contributed by atoms with Crippen LogP contribution in [0.25, 0.3) is 10.9 Å². The van der Waals surface area contributed by atoms with E-state index in [4.69, 9.17) is 9.47 Å². The summed E-state index contributed by atoms with van der Waals surface area (Å²) in [5, 5.41) is 7.40. The molecule has 0 spiro atoms. The second kappa shape index (κ2) is 10.9. The molecule has 4 heterocycles. The maximum absolute atomic E-state index is 11.5.